The van der Waals surface area contributed by atoms with Gasteiger partial charge in [0.1, 0.15) is 5.75 Å². The Morgan fingerprint density at radius 3 is 1.64 bits per heavy atom. The van der Waals surface area contributed by atoms with Crippen molar-refractivity contribution in [2.75, 3.05) is 67.8 Å². The van der Waals surface area contributed by atoms with E-state index in [1.54, 1.807) is 49.8 Å². The molecule has 0 bridgehead atoms. The van der Waals surface area contributed by atoms with Crippen molar-refractivity contribution in [3.63, 3.8) is 0 Å². The van der Waals surface area contributed by atoms with Crippen molar-refractivity contribution >= 4 is 5.69 Å². The zero-order valence-electron chi connectivity index (χ0n) is 31.5. The minimum atomic E-state index is 0.349. The lowest BCUT2D eigenvalue weighted by molar-refractivity contribution is 0.201. The van der Waals surface area contributed by atoms with Crippen LogP contribution in [0.3, 0.4) is 0 Å². The number of piperidine rings is 1. The summed E-state index contributed by atoms with van der Waals surface area (Å²) in [5.41, 5.74) is 6.94. The van der Waals surface area contributed by atoms with Gasteiger partial charge in [0.25, 0.3) is 0 Å². The van der Waals surface area contributed by atoms with Gasteiger partial charge in [0, 0.05) is 61.4 Å². The van der Waals surface area contributed by atoms with Gasteiger partial charge in [-0.2, -0.15) is 0 Å². The van der Waals surface area contributed by atoms with Gasteiger partial charge in [0.15, 0.2) is 23.0 Å². The van der Waals surface area contributed by atoms with Gasteiger partial charge >= 0.3 is 0 Å². The predicted octanol–water partition coefficient (Wildman–Crippen LogP) is 7.54. The van der Waals surface area contributed by atoms with Crippen LogP contribution in [0, 0.1) is 0 Å². The standard InChI is InChI=1S/C42H48N4O7/c1-47-34-11-9-32(10-12-34)46(27-29-8-13-35(44-25-29)30-21-37(48-2)41(52-6)38(22-30)49-3)33-15-18-45(19-16-33)26-28-14-17-43-36(20-28)31-23-39(50-4)42(53-7)40(24-31)51-5/h8-14,17,20-25,33H,15-16,18-19,26-27H2,1-7H3. The summed E-state index contributed by atoms with van der Waals surface area (Å²) in [4.78, 5) is 14.5. The van der Waals surface area contributed by atoms with Crippen LogP contribution in [0.1, 0.15) is 24.0 Å². The van der Waals surface area contributed by atoms with Crippen molar-refractivity contribution in [2.24, 2.45) is 0 Å². The molecule has 1 fully saturated rings. The Bertz CT molecular complexity index is 1910. The highest BCUT2D eigenvalue weighted by atomic mass is 16.5. The normalized spacial score (nSPS) is 13.3. The van der Waals surface area contributed by atoms with Crippen molar-refractivity contribution in [2.45, 2.75) is 32.0 Å². The van der Waals surface area contributed by atoms with E-state index in [2.05, 4.69) is 45.1 Å². The van der Waals surface area contributed by atoms with E-state index in [1.807, 2.05) is 54.9 Å². The lowest BCUT2D eigenvalue weighted by Crippen LogP contribution is -2.44. The maximum absolute atomic E-state index is 5.58. The molecular weight excluding hydrogens is 672 g/mol. The molecule has 3 heterocycles. The molecule has 5 aromatic rings. The van der Waals surface area contributed by atoms with Crippen LogP contribution < -0.4 is 38.1 Å². The fraction of sp³-hybridized carbons (Fsp3) is 0.333. The Morgan fingerprint density at radius 2 is 1.15 bits per heavy atom. The Balaban J connectivity index is 1.17. The lowest BCUT2D eigenvalue weighted by Gasteiger charge is -2.40. The second kappa shape index (κ2) is 17.2. The van der Waals surface area contributed by atoms with Gasteiger partial charge in [-0.25, -0.2) is 0 Å². The first-order valence-corrected chi connectivity index (χ1v) is 17.6. The van der Waals surface area contributed by atoms with Gasteiger partial charge in [-0.05, 0) is 90.7 Å². The third-order valence-electron chi connectivity index (χ3n) is 9.73. The summed E-state index contributed by atoms with van der Waals surface area (Å²) in [5, 5.41) is 0. The highest BCUT2D eigenvalue weighted by molar-refractivity contribution is 5.70. The van der Waals surface area contributed by atoms with E-state index in [4.69, 9.17) is 38.1 Å². The van der Waals surface area contributed by atoms with E-state index in [0.717, 1.165) is 78.5 Å². The Hall–Kier alpha value is -5.68. The first-order valence-electron chi connectivity index (χ1n) is 17.6. The molecule has 0 aliphatic carbocycles. The molecule has 3 aromatic carbocycles. The van der Waals surface area contributed by atoms with E-state index in [1.165, 1.54) is 5.56 Å². The van der Waals surface area contributed by atoms with Crippen LogP contribution in [0.2, 0.25) is 0 Å². The summed E-state index contributed by atoms with van der Waals surface area (Å²) < 4.78 is 38.8. The number of pyridine rings is 2. The Morgan fingerprint density at radius 1 is 0.585 bits per heavy atom. The van der Waals surface area contributed by atoms with Crippen LogP contribution in [0.5, 0.6) is 40.2 Å². The molecule has 0 atom stereocenters. The number of rotatable bonds is 15. The van der Waals surface area contributed by atoms with Crippen LogP contribution in [0.25, 0.3) is 22.5 Å². The molecule has 11 nitrogen and oxygen atoms in total. The summed E-state index contributed by atoms with van der Waals surface area (Å²) in [5.74, 6) is 4.33. The summed E-state index contributed by atoms with van der Waals surface area (Å²) >= 11 is 0. The van der Waals surface area contributed by atoms with Gasteiger partial charge in [-0.3, -0.25) is 14.9 Å². The van der Waals surface area contributed by atoms with Gasteiger partial charge < -0.3 is 38.1 Å². The van der Waals surface area contributed by atoms with Crippen molar-refractivity contribution in [1.29, 1.82) is 0 Å². The zero-order chi connectivity index (χ0) is 37.3. The number of aromatic nitrogens is 2. The molecule has 0 saturated carbocycles. The maximum atomic E-state index is 5.58. The van der Waals surface area contributed by atoms with Gasteiger partial charge in [0.05, 0.1) is 61.2 Å². The topological polar surface area (TPSA) is 96.9 Å². The second-order valence-electron chi connectivity index (χ2n) is 12.8. The zero-order valence-corrected chi connectivity index (χ0v) is 31.5. The molecule has 0 amide bonds. The number of hydrogen-bond acceptors (Lipinski definition) is 11. The van der Waals surface area contributed by atoms with Crippen LogP contribution in [-0.2, 0) is 13.1 Å². The summed E-state index contributed by atoms with van der Waals surface area (Å²) in [6.07, 6.45) is 5.87. The summed E-state index contributed by atoms with van der Waals surface area (Å²) in [6.45, 7) is 3.50. The fourth-order valence-corrected chi connectivity index (χ4v) is 6.93. The predicted molar refractivity (Wildman–Crippen MR) is 206 cm³/mol. The molecule has 278 valence electrons. The highest BCUT2D eigenvalue weighted by Crippen LogP contribution is 2.42. The van der Waals surface area contributed by atoms with Crippen LogP contribution in [0.4, 0.5) is 5.69 Å². The van der Waals surface area contributed by atoms with Crippen LogP contribution >= 0.6 is 0 Å². The van der Waals surface area contributed by atoms with Crippen LogP contribution in [-0.4, -0.2) is 83.8 Å². The van der Waals surface area contributed by atoms with Crippen LogP contribution in [0.15, 0.2) is 85.2 Å². The molecule has 11 heteroatoms. The van der Waals surface area contributed by atoms with Gasteiger partial charge in [0.2, 0.25) is 11.5 Å². The summed E-state index contributed by atoms with van der Waals surface area (Å²) in [6, 6.07) is 24.8. The first-order chi connectivity index (χ1) is 25.9. The third-order valence-corrected chi connectivity index (χ3v) is 9.73. The molecule has 0 N–H and O–H groups in total. The number of benzene rings is 3. The highest BCUT2D eigenvalue weighted by Gasteiger charge is 2.26. The molecule has 0 spiro atoms. The van der Waals surface area contributed by atoms with Gasteiger partial charge in [-0.1, -0.05) is 6.07 Å². The summed E-state index contributed by atoms with van der Waals surface area (Å²) in [7, 11) is 11.4. The van der Waals surface area contributed by atoms with E-state index < -0.39 is 0 Å². The Labute approximate surface area is 312 Å². The maximum Gasteiger partial charge on any atom is 0.203 e. The third kappa shape index (κ3) is 8.36. The molecule has 2 aromatic heterocycles. The van der Waals surface area contributed by atoms with E-state index in [0.29, 0.717) is 40.5 Å². The quantitative estimate of drug-likeness (QED) is 0.107. The lowest BCUT2D eigenvalue weighted by atomic mass is 10.00. The molecule has 53 heavy (non-hydrogen) atoms. The smallest absolute Gasteiger partial charge is 0.203 e. The number of methoxy groups -OCH3 is 7. The number of ether oxygens (including phenoxy) is 7. The SMILES string of the molecule is COc1ccc(N(Cc2ccc(-c3cc(OC)c(OC)c(OC)c3)nc2)C2CCN(Cc3ccnc(-c4cc(OC)c(OC)c(OC)c4)c3)CC2)cc1. The van der Waals surface area contributed by atoms with Crippen molar-refractivity contribution < 1.29 is 33.2 Å². The van der Waals surface area contributed by atoms with E-state index in [-0.39, 0.29) is 0 Å². The Kier molecular flexibility index (Phi) is 12.1. The molecule has 0 radical (unpaired) electrons. The number of hydrogen-bond donors (Lipinski definition) is 0. The molecule has 1 aliphatic rings. The van der Waals surface area contributed by atoms with E-state index in [9.17, 15) is 0 Å². The van der Waals surface area contributed by atoms with Crippen molar-refractivity contribution in [3.8, 4) is 62.8 Å². The average Bonchev–Trinajstić information content (AvgIpc) is 3.22. The van der Waals surface area contributed by atoms with E-state index >= 15 is 0 Å². The molecule has 0 unspecified atom stereocenters. The van der Waals surface area contributed by atoms with Gasteiger partial charge in [-0.15, -0.1) is 0 Å². The minimum absolute atomic E-state index is 0.349. The largest absolute Gasteiger partial charge is 0.497 e. The average molecular weight is 721 g/mol. The molecule has 1 saturated heterocycles. The second-order valence-corrected chi connectivity index (χ2v) is 12.8. The van der Waals surface area contributed by atoms with Crippen molar-refractivity contribution in [3.05, 3.63) is 96.3 Å². The number of nitrogens with zero attached hydrogens (tertiary/aromatic N) is 4. The van der Waals surface area contributed by atoms with Crippen molar-refractivity contribution in [1.82, 2.24) is 14.9 Å². The number of anilines is 1. The molecule has 1 aliphatic heterocycles. The fourth-order valence-electron chi connectivity index (χ4n) is 6.93. The first kappa shape index (κ1) is 37.1. The number of likely N-dealkylation sites (tertiary alicyclic amines) is 1. The molecule has 6 rings (SSSR count). The molecular formula is C42H48N4O7. The monoisotopic (exact) mass is 720 g/mol. The minimum Gasteiger partial charge on any atom is -0.497 e.